The Morgan fingerprint density at radius 3 is 2.23 bits per heavy atom. The number of rotatable bonds is 19. The molecule has 9 heteroatoms. The Hall–Kier alpha value is 1.16. The zero-order chi connectivity index (χ0) is 23.2. The summed E-state index contributed by atoms with van der Waals surface area (Å²) in [5.41, 5.74) is 0. The molecule has 0 aliphatic heterocycles. The van der Waals surface area contributed by atoms with Crippen LogP contribution >= 0.6 is 52.3 Å². The molecule has 31 heavy (non-hydrogen) atoms. The summed E-state index contributed by atoms with van der Waals surface area (Å²) in [4.78, 5) is 0. The van der Waals surface area contributed by atoms with Crippen molar-refractivity contribution in [2.24, 2.45) is 0 Å². The van der Waals surface area contributed by atoms with Gasteiger partial charge in [-0.15, -0.1) is 0 Å². The molecule has 0 bridgehead atoms. The van der Waals surface area contributed by atoms with Crippen molar-refractivity contribution in [3.8, 4) is 0 Å². The quantitative estimate of drug-likeness (QED) is 0.0709. The molecule has 0 heterocycles. The maximum absolute atomic E-state index is 6.11. The number of allylic oxidation sites excluding steroid dienone is 7. The molecule has 8 unspecified atom stereocenters. The number of unbranched alkanes of at least 4 members (excludes halogenated alkanes) is 3. The lowest BCUT2D eigenvalue weighted by atomic mass is 10.1. The van der Waals surface area contributed by atoms with Crippen LogP contribution in [0, 0.1) is 0 Å². The lowest BCUT2D eigenvalue weighted by molar-refractivity contribution is 0.147. The third-order valence-electron chi connectivity index (χ3n) is 4.25. The number of hydrogen-bond acceptors (Lipinski definition) is 3. The largest absolute Gasteiger partial charge is 0.358 e. The molecule has 0 amide bonds. The molecule has 0 N–H and O–H groups in total. The SMILES string of the molecule is CC/C=C\C/C=C\C=C\C(OP(P)P)C(/C=C/C=C\C(CCCCCC)OP)OPP. The smallest absolute Gasteiger partial charge is 0.111 e. The van der Waals surface area contributed by atoms with Gasteiger partial charge in [-0.25, -0.2) is 0 Å². The Kier molecular flexibility index (Phi) is 25.2. The summed E-state index contributed by atoms with van der Waals surface area (Å²) in [6.07, 6.45) is 28.8. The number of hydrogen-bond donors (Lipinski definition) is 0. The van der Waals surface area contributed by atoms with Gasteiger partial charge in [-0.05, 0) is 19.3 Å². The summed E-state index contributed by atoms with van der Waals surface area (Å²) in [7, 11) is 10.1. The molecule has 0 fully saturated rings. The molecule has 0 aliphatic carbocycles. The van der Waals surface area contributed by atoms with E-state index < -0.39 is 7.53 Å². The highest BCUT2D eigenvalue weighted by molar-refractivity contribution is 8.41. The van der Waals surface area contributed by atoms with Crippen LogP contribution in [0.15, 0.2) is 60.8 Å². The van der Waals surface area contributed by atoms with E-state index in [1.54, 1.807) is 0 Å². The predicted octanol–water partition coefficient (Wildman–Crippen LogP) is 8.84. The minimum atomic E-state index is -0.669. The Labute approximate surface area is 203 Å². The monoisotopic (exact) mass is 540 g/mol. The van der Waals surface area contributed by atoms with Gasteiger partial charge in [0.1, 0.15) is 12.2 Å². The van der Waals surface area contributed by atoms with Gasteiger partial charge in [-0.2, -0.15) is 0 Å². The van der Waals surface area contributed by atoms with Crippen molar-refractivity contribution in [3.63, 3.8) is 0 Å². The van der Waals surface area contributed by atoms with Crippen LogP contribution in [0.4, 0.5) is 0 Å². The Morgan fingerprint density at radius 2 is 1.58 bits per heavy atom. The van der Waals surface area contributed by atoms with Gasteiger partial charge in [0.05, 0.1) is 13.6 Å². The summed E-state index contributed by atoms with van der Waals surface area (Å²) < 4.78 is 17.6. The van der Waals surface area contributed by atoms with Crippen LogP contribution in [0.25, 0.3) is 0 Å². The third-order valence-corrected chi connectivity index (χ3v) is 6.63. The van der Waals surface area contributed by atoms with Crippen molar-refractivity contribution < 1.29 is 13.6 Å². The van der Waals surface area contributed by atoms with Gasteiger partial charge in [0.2, 0.25) is 0 Å². The van der Waals surface area contributed by atoms with E-state index in [1.165, 1.54) is 25.7 Å². The van der Waals surface area contributed by atoms with Crippen molar-refractivity contribution in [2.45, 2.75) is 77.1 Å². The van der Waals surface area contributed by atoms with Gasteiger partial charge in [0.15, 0.2) is 0 Å². The maximum Gasteiger partial charge on any atom is 0.111 e. The molecule has 0 saturated heterocycles. The molecule has 0 radical (unpaired) electrons. The second kappa shape index (κ2) is 24.3. The predicted molar refractivity (Wildman–Crippen MR) is 158 cm³/mol. The summed E-state index contributed by atoms with van der Waals surface area (Å²) in [5, 5.41) is 0. The first-order chi connectivity index (χ1) is 15.1. The van der Waals surface area contributed by atoms with Gasteiger partial charge < -0.3 is 13.6 Å². The van der Waals surface area contributed by atoms with Gasteiger partial charge in [-0.1, -0.05) is 127 Å². The van der Waals surface area contributed by atoms with Crippen LogP contribution in [0.1, 0.15) is 58.8 Å². The van der Waals surface area contributed by atoms with E-state index in [-0.39, 0.29) is 18.3 Å². The first kappa shape index (κ1) is 32.2. The average molecular weight is 540 g/mol. The van der Waals surface area contributed by atoms with E-state index >= 15 is 0 Å². The fourth-order valence-electron chi connectivity index (χ4n) is 2.66. The standard InChI is InChI=1S/C22H42O3P6/c1-3-5-7-9-10-11-13-19-22(25-31(28)29)21(24-30-27)18-15-14-17-20(23-26)16-12-8-6-4-2/h5,7,10-11,13-15,17-22,30H,3-4,6,8-9,12,16,26-29H2,1-2H3/b7-5-,11-10-,17-14-,18-15+,19-13+. The van der Waals surface area contributed by atoms with Gasteiger partial charge in [-0.3, -0.25) is 0 Å². The lowest BCUT2D eigenvalue weighted by Gasteiger charge is -2.23. The molecule has 0 aliphatic rings. The second-order valence-corrected chi connectivity index (χ2v) is 14.1. The van der Waals surface area contributed by atoms with Crippen LogP contribution < -0.4 is 0 Å². The van der Waals surface area contributed by atoms with Crippen LogP contribution in [0.3, 0.4) is 0 Å². The second-order valence-electron chi connectivity index (χ2n) is 6.85. The molecule has 0 aromatic carbocycles. The Bertz CT molecular complexity index is 549. The van der Waals surface area contributed by atoms with E-state index in [9.17, 15) is 0 Å². The van der Waals surface area contributed by atoms with Crippen molar-refractivity contribution in [3.05, 3.63) is 60.8 Å². The Balaban J connectivity index is 4.95. The van der Waals surface area contributed by atoms with E-state index in [0.717, 1.165) is 19.3 Å². The molecular weight excluding hydrogens is 498 g/mol. The van der Waals surface area contributed by atoms with Crippen LogP contribution in [-0.2, 0) is 13.6 Å². The fraction of sp³-hybridized carbons (Fsp3) is 0.545. The molecular formula is C22H42O3P6. The normalized spacial score (nSPS) is 16.5. The molecule has 8 atom stereocenters. The van der Waals surface area contributed by atoms with Crippen molar-refractivity contribution in [1.29, 1.82) is 0 Å². The van der Waals surface area contributed by atoms with Crippen molar-refractivity contribution >= 4 is 52.3 Å². The summed E-state index contributed by atoms with van der Waals surface area (Å²) in [5.74, 6) is 0. The van der Waals surface area contributed by atoms with E-state index in [4.69, 9.17) is 13.6 Å². The Morgan fingerprint density at radius 1 is 0.871 bits per heavy atom. The minimum Gasteiger partial charge on any atom is -0.358 e. The zero-order valence-electron chi connectivity index (χ0n) is 18.9. The first-order valence-electron chi connectivity index (χ1n) is 10.8. The molecule has 0 rings (SSSR count). The minimum absolute atomic E-state index is 0.125. The lowest BCUT2D eigenvalue weighted by Crippen LogP contribution is -2.23. The molecule has 0 aromatic heterocycles. The van der Waals surface area contributed by atoms with Crippen LogP contribution in [-0.4, -0.2) is 18.3 Å². The molecule has 3 nitrogen and oxygen atoms in total. The summed E-state index contributed by atoms with van der Waals surface area (Å²) in [6, 6.07) is 0. The molecule has 178 valence electrons. The van der Waals surface area contributed by atoms with Crippen molar-refractivity contribution in [1.82, 2.24) is 0 Å². The molecule has 0 aromatic rings. The van der Waals surface area contributed by atoms with Crippen LogP contribution in [0.5, 0.6) is 0 Å². The fourth-order valence-corrected chi connectivity index (χ4v) is 5.04. The van der Waals surface area contributed by atoms with Crippen LogP contribution in [0.2, 0.25) is 0 Å². The van der Waals surface area contributed by atoms with Crippen molar-refractivity contribution in [2.75, 3.05) is 0 Å². The average Bonchev–Trinajstić information content (AvgIpc) is 2.75. The highest BCUT2D eigenvalue weighted by Crippen LogP contribution is 2.55. The summed E-state index contributed by atoms with van der Waals surface area (Å²) in [6.45, 7) is 4.37. The first-order valence-corrected chi connectivity index (χ1v) is 18.5. The maximum atomic E-state index is 6.11. The highest BCUT2D eigenvalue weighted by atomic mass is 32.4. The van der Waals surface area contributed by atoms with Gasteiger partial charge in [0.25, 0.3) is 0 Å². The third kappa shape index (κ3) is 20.3. The van der Waals surface area contributed by atoms with E-state index in [2.05, 4.69) is 92.6 Å². The molecule has 0 spiro atoms. The highest BCUT2D eigenvalue weighted by Gasteiger charge is 2.19. The van der Waals surface area contributed by atoms with E-state index in [1.807, 2.05) is 18.2 Å². The zero-order valence-corrected chi connectivity index (χ0v) is 25.4. The molecule has 0 saturated carbocycles. The van der Waals surface area contributed by atoms with Gasteiger partial charge in [0, 0.05) is 18.0 Å². The van der Waals surface area contributed by atoms with Gasteiger partial charge >= 0.3 is 0 Å². The topological polar surface area (TPSA) is 27.7 Å². The summed E-state index contributed by atoms with van der Waals surface area (Å²) >= 11 is 0. The van der Waals surface area contributed by atoms with E-state index in [0.29, 0.717) is 8.50 Å².